The summed E-state index contributed by atoms with van der Waals surface area (Å²) in [6, 6.07) is 2.42. The van der Waals surface area contributed by atoms with Gasteiger partial charge in [-0.05, 0) is 75.3 Å². The molecule has 1 saturated carbocycles. The fraction of sp³-hybridized carbons (Fsp3) is 0.615. The van der Waals surface area contributed by atoms with Crippen molar-refractivity contribution in [3.8, 4) is 6.01 Å². The molecule has 4 rings (SSSR count). The van der Waals surface area contributed by atoms with E-state index in [9.17, 15) is 18.7 Å². The SMILES string of the molecule is CCOc1ncc([C@H](CCC(F)(F)CCCCc2nc3c(cc2C2CC2)CCCN3)C(=O)O)cn1. The summed E-state index contributed by atoms with van der Waals surface area (Å²) >= 11 is 0. The number of pyridine rings is 1. The Morgan fingerprint density at radius 1 is 1.26 bits per heavy atom. The zero-order valence-corrected chi connectivity index (χ0v) is 20.2. The number of aryl methyl sites for hydroxylation is 2. The van der Waals surface area contributed by atoms with Crippen molar-refractivity contribution < 1.29 is 23.4 Å². The standard InChI is InChI=1S/C26H34F2N4O3/c1-2-35-25-30-15-19(16-31-25)20(24(33)34)10-12-26(27,28)11-4-3-7-22-21(17-8-9-17)14-18-6-5-13-29-23(18)32-22/h14-17,20H,2-13H2,1H3,(H,29,32)(H,33,34)/t20-/m0/s1. The molecule has 0 saturated heterocycles. The van der Waals surface area contributed by atoms with Crippen molar-refractivity contribution in [3.05, 3.63) is 40.8 Å². The van der Waals surface area contributed by atoms with Crippen LogP contribution < -0.4 is 10.1 Å². The molecule has 35 heavy (non-hydrogen) atoms. The van der Waals surface area contributed by atoms with Gasteiger partial charge < -0.3 is 15.2 Å². The average molecular weight is 489 g/mol. The molecule has 2 aromatic rings. The van der Waals surface area contributed by atoms with Crippen molar-refractivity contribution >= 4 is 11.8 Å². The number of aliphatic carboxylic acids is 1. The lowest BCUT2D eigenvalue weighted by molar-refractivity contribution is -0.139. The third-order valence-corrected chi connectivity index (χ3v) is 6.77. The number of carbonyl (C=O) groups is 1. The Morgan fingerprint density at radius 3 is 2.71 bits per heavy atom. The number of alkyl halides is 2. The summed E-state index contributed by atoms with van der Waals surface area (Å²) in [5, 5.41) is 12.9. The van der Waals surface area contributed by atoms with Crippen LogP contribution in [0.1, 0.15) is 92.5 Å². The average Bonchev–Trinajstić information content (AvgIpc) is 3.68. The molecule has 1 atom stereocenters. The highest BCUT2D eigenvalue weighted by molar-refractivity contribution is 5.75. The van der Waals surface area contributed by atoms with Gasteiger partial charge in [0.2, 0.25) is 5.92 Å². The molecule has 0 unspecified atom stereocenters. The van der Waals surface area contributed by atoms with Crippen LogP contribution in [-0.4, -0.2) is 45.1 Å². The Kier molecular flexibility index (Phi) is 8.13. The van der Waals surface area contributed by atoms with Crippen molar-refractivity contribution in [2.45, 2.75) is 88.9 Å². The zero-order chi connectivity index (χ0) is 24.8. The lowest BCUT2D eigenvalue weighted by atomic mass is 9.93. The number of fused-ring (bicyclic) bond motifs is 1. The van der Waals surface area contributed by atoms with E-state index in [0.29, 0.717) is 37.4 Å². The van der Waals surface area contributed by atoms with Crippen molar-refractivity contribution in [2.75, 3.05) is 18.5 Å². The largest absolute Gasteiger partial charge is 0.481 e. The predicted octanol–water partition coefficient (Wildman–Crippen LogP) is 5.50. The lowest BCUT2D eigenvalue weighted by Gasteiger charge is -2.21. The van der Waals surface area contributed by atoms with E-state index < -0.39 is 24.2 Å². The second kappa shape index (κ2) is 11.3. The number of nitrogens with one attached hydrogen (secondary N) is 1. The maximum Gasteiger partial charge on any atom is 0.316 e. The second-order valence-electron chi connectivity index (χ2n) is 9.56. The monoisotopic (exact) mass is 488 g/mol. The van der Waals surface area contributed by atoms with Gasteiger partial charge in [-0.15, -0.1) is 0 Å². The number of halogens is 2. The van der Waals surface area contributed by atoms with Gasteiger partial charge in [0.1, 0.15) is 5.82 Å². The maximum atomic E-state index is 14.6. The van der Waals surface area contributed by atoms with E-state index >= 15 is 0 Å². The highest BCUT2D eigenvalue weighted by Crippen LogP contribution is 2.43. The van der Waals surface area contributed by atoms with E-state index in [0.717, 1.165) is 30.9 Å². The molecule has 190 valence electrons. The highest BCUT2D eigenvalue weighted by Gasteiger charge is 2.32. The van der Waals surface area contributed by atoms with Crippen LogP contribution in [-0.2, 0) is 17.6 Å². The van der Waals surface area contributed by atoms with E-state index in [-0.39, 0.29) is 18.9 Å². The molecule has 1 aliphatic heterocycles. The first-order chi connectivity index (χ1) is 16.9. The summed E-state index contributed by atoms with van der Waals surface area (Å²) in [4.78, 5) is 24.5. The molecule has 0 aromatic carbocycles. The second-order valence-corrected chi connectivity index (χ2v) is 9.56. The highest BCUT2D eigenvalue weighted by atomic mass is 19.3. The molecule has 2 aliphatic rings. The van der Waals surface area contributed by atoms with E-state index in [1.54, 1.807) is 6.92 Å². The number of hydrogen-bond donors (Lipinski definition) is 2. The molecule has 2 N–H and O–H groups in total. The van der Waals surface area contributed by atoms with Gasteiger partial charge in [0.15, 0.2) is 0 Å². The van der Waals surface area contributed by atoms with E-state index in [2.05, 4.69) is 21.4 Å². The number of unbranched alkanes of at least 4 members (excludes halogenated alkanes) is 1. The molecule has 0 radical (unpaired) electrons. The molecular weight excluding hydrogens is 454 g/mol. The predicted molar refractivity (Wildman–Crippen MR) is 128 cm³/mol. The van der Waals surface area contributed by atoms with Gasteiger partial charge in [-0.1, -0.05) is 6.07 Å². The lowest BCUT2D eigenvalue weighted by Crippen LogP contribution is -2.20. The van der Waals surface area contributed by atoms with E-state index in [1.165, 1.54) is 36.4 Å². The van der Waals surface area contributed by atoms with Gasteiger partial charge in [0.05, 0.1) is 12.5 Å². The molecule has 0 amide bonds. The van der Waals surface area contributed by atoms with E-state index in [4.69, 9.17) is 9.72 Å². The van der Waals surface area contributed by atoms with E-state index in [1.807, 2.05) is 0 Å². The molecule has 1 aliphatic carbocycles. The van der Waals surface area contributed by atoms with Crippen LogP contribution in [0, 0.1) is 0 Å². The Labute approximate surface area is 204 Å². The smallest absolute Gasteiger partial charge is 0.316 e. The first-order valence-corrected chi connectivity index (χ1v) is 12.7. The third-order valence-electron chi connectivity index (χ3n) is 6.77. The van der Waals surface area contributed by atoms with Crippen molar-refractivity contribution in [1.29, 1.82) is 0 Å². The van der Waals surface area contributed by atoms with Gasteiger partial charge >= 0.3 is 12.0 Å². The number of carboxylic acids is 1. The topological polar surface area (TPSA) is 97.2 Å². The minimum Gasteiger partial charge on any atom is -0.481 e. The molecule has 2 aromatic heterocycles. The first-order valence-electron chi connectivity index (χ1n) is 12.7. The van der Waals surface area contributed by atoms with Crippen LogP contribution >= 0.6 is 0 Å². The number of carboxylic acid groups (broad SMARTS) is 1. The van der Waals surface area contributed by atoms with Crippen LogP contribution in [0.5, 0.6) is 6.01 Å². The third kappa shape index (κ3) is 6.86. The minimum atomic E-state index is -2.93. The number of ether oxygens (including phenoxy) is 1. The van der Waals surface area contributed by atoms with Crippen LogP contribution in [0.2, 0.25) is 0 Å². The summed E-state index contributed by atoms with van der Waals surface area (Å²) in [6.07, 6.45) is 7.97. The molecule has 3 heterocycles. The van der Waals surface area contributed by atoms with Crippen LogP contribution in [0.25, 0.3) is 0 Å². The first kappa shape index (κ1) is 25.3. The summed E-state index contributed by atoms with van der Waals surface area (Å²) in [5.74, 6) is -3.63. The molecule has 0 bridgehead atoms. The summed E-state index contributed by atoms with van der Waals surface area (Å²) in [7, 11) is 0. The van der Waals surface area contributed by atoms with Crippen molar-refractivity contribution in [3.63, 3.8) is 0 Å². The van der Waals surface area contributed by atoms with Crippen LogP contribution in [0.15, 0.2) is 18.5 Å². The number of rotatable bonds is 13. The molecule has 9 heteroatoms. The van der Waals surface area contributed by atoms with Crippen LogP contribution in [0.3, 0.4) is 0 Å². The van der Waals surface area contributed by atoms with Crippen LogP contribution in [0.4, 0.5) is 14.6 Å². The quantitative estimate of drug-likeness (QED) is 0.359. The van der Waals surface area contributed by atoms with Crippen molar-refractivity contribution in [2.24, 2.45) is 0 Å². The minimum absolute atomic E-state index is 0.139. The molecule has 7 nitrogen and oxygen atoms in total. The Bertz CT molecular complexity index is 1010. The van der Waals surface area contributed by atoms with Gasteiger partial charge in [-0.3, -0.25) is 4.79 Å². The molecular formula is C26H34F2N4O3. The summed E-state index contributed by atoms with van der Waals surface area (Å²) in [5.41, 5.74) is 3.93. The number of nitrogens with zero attached hydrogens (tertiary/aromatic N) is 3. The normalized spacial score (nSPS) is 16.3. The number of anilines is 1. The Balaban J connectivity index is 1.28. The maximum absolute atomic E-state index is 14.6. The fourth-order valence-corrected chi connectivity index (χ4v) is 4.69. The van der Waals surface area contributed by atoms with Gasteiger partial charge in [0, 0.05) is 43.0 Å². The van der Waals surface area contributed by atoms with Gasteiger partial charge in [-0.2, -0.15) is 0 Å². The van der Waals surface area contributed by atoms with Crippen molar-refractivity contribution in [1.82, 2.24) is 15.0 Å². The number of hydrogen-bond acceptors (Lipinski definition) is 6. The Morgan fingerprint density at radius 2 is 2.03 bits per heavy atom. The zero-order valence-electron chi connectivity index (χ0n) is 20.2. The fourth-order valence-electron chi connectivity index (χ4n) is 4.69. The Hall–Kier alpha value is -2.84. The molecule has 0 spiro atoms. The van der Waals surface area contributed by atoms with Gasteiger partial charge in [-0.25, -0.2) is 23.7 Å². The summed E-state index contributed by atoms with van der Waals surface area (Å²) < 4.78 is 34.4. The summed E-state index contributed by atoms with van der Waals surface area (Å²) in [6.45, 7) is 3.09. The number of aromatic nitrogens is 3. The van der Waals surface area contributed by atoms with Gasteiger partial charge in [0.25, 0.3) is 0 Å². The molecule has 1 fully saturated rings.